The highest BCUT2D eigenvalue weighted by atomic mass is 19.1. The van der Waals surface area contributed by atoms with Crippen molar-refractivity contribution in [2.45, 2.75) is 19.4 Å². The largest absolute Gasteiger partial charge is 0.315 e. The number of aryl methyl sites for hydroxylation is 1. The molecule has 4 heteroatoms. The first-order chi connectivity index (χ1) is 10.8. The van der Waals surface area contributed by atoms with Crippen LogP contribution in [0.25, 0.3) is 0 Å². The Morgan fingerprint density at radius 1 is 1.14 bits per heavy atom. The van der Waals surface area contributed by atoms with Gasteiger partial charge in [0, 0.05) is 32.0 Å². The van der Waals surface area contributed by atoms with Gasteiger partial charge in [-0.05, 0) is 54.8 Å². The van der Waals surface area contributed by atoms with Gasteiger partial charge in [-0.2, -0.15) is 0 Å². The summed E-state index contributed by atoms with van der Waals surface area (Å²) in [4.78, 5) is 6.69. The average Bonchev–Trinajstić information content (AvgIpc) is 2.80. The molecule has 3 rings (SSSR count). The predicted molar refractivity (Wildman–Crippen MR) is 86.3 cm³/mol. The van der Waals surface area contributed by atoms with E-state index in [2.05, 4.69) is 28.2 Å². The smallest absolute Gasteiger partial charge is 0.123 e. The van der Waals surface area contributed by atoms with E-state index >= 15 is 0 Å². The van der Waals surface area contributed by atoms with Crippen LogP contribution in [0.15, 0.2) is 42.7 Å². The van der Waals surface area contributed by atoms with Gasteiger partial charge in [-0.15, -0.1) is 0 Å². The molecule has 0 spiro atoms. The average molecular weight is 299 g/mol. The third-order valence-corrected chi connectivity index (χ3v) is 4.28. The van der Waals surface area contributed by atoms with Crippen molar-refractivity contribution in [3.8, 4) is 0 Å². The third kappa shape index (κ3) is 3.34. The third-order valence-electron chi connectivity index (χ3n) is 4.28. The second-order valence-corrected chi connectivity index (χ2v) is 5.83. The predicted octanol–water partition coefficient (Wildman–Crippen LogP) is 2.91. The van der Waals surface area contributed by atoms with Gasteiger partial charge >= 0.3 is 0 Å². The Balaban J connectivity index is 2.01. The summed E-state index contributed by atoms with van der Waals surface area (Å²) in [7, 11) is 0. The summed E-state index contributed by atoms with van der Waals surface area (Å²) in [6, 6.07) is 9.14. The summed E-state index contributed by atoms with van der Waals surface area (Å²) in [5.74, 6) is -0.188. The van der Waals surface area contributed by atoms with E-state index in [0.717, 1.165) is 38.2 Å². The fraction of sp³-hybridized carbons (Fsp3) is 0.389. The van der Waals surface area contributed by atoms with Crippen LogP contribution in [0.2, 0.25) is 0 Å². The van der Waals surface area contributed by atoms with Crippen molar-refractivity contribution in [2.24, 2.45) is 0 Å². The minimum Gasteiger partial charge on any atom is -0.315 e. The molecule has 0 aliphatic carbocycles. The molecule has 1 atom stereocenters. The van der Waals surface area contributed by atoms with Gasteiger partial charge in [0.15, 0.2) is 0 Å². The number of rotatable bonds is 3. The van der Waals surface area contributed by atoms with Crippen molar-refractivity contribution in [3.63, 3.8) is 0 Å². The van der Waals surface area contributed by atoms with E-state index in [1.165, 1.54) is 11.1 Å². The molecule has 116 valence electrons. The number of nitrogens with one attached hydrogen (secondary N) is 1. The molecule has 2 aromatic rings. The second kappa shape index (κ2) is 6.99. The topological polar surface area (TPSA) is 28.2 Å². The lowest BCUT2D eigenvalue weighted by molar-refractivity contribution is 0.240. The summed E-state index contributed by atoms with van der Waals surface area (Å²) < 4.78 is 13.3. The summed E-state index contributed by atoms with van der Waals surface area (Å²) in [5.41, 5.74) is 3.56. The number of nitrogens with zero attached hydrogens (tertiary/aromatic N) is 2. The SMILES string of the molecule is Cc1cnccc1C(c1ccc(F)cc1)N1CCCNCC1. The van der Waals surface area contributed by atoms with Crippen LogP contribution >= 0.6 is 0 Å². The van der Waals surface area contributed by atoms with Crippen LogP contribution in [-0.2, 0) is 0 Å². The highest BCUT2D eigenvalue weighted by Crippen LogP contribution is 2.31. The van der Waals surface area contributed by atoms with Gasteiger partial charge in [0.1, 0.15) is 5.82 Å². The first-order valence-electron chi connectivity index (χ1n) is 7.86. The van der Waals surface area contributed by atoms with Crippen LogP contribution in [-0.4, -0.2) is 36.1 Å². The van der Waals surface area contributed by atoms with Gasteiger partial charge in [0.25, 0.3) is 0 Å². The minimum absolute atomic E-state index is 0.156. The van der Waals surface area contributed by atoms with Crippen molar-refractivity contribution in [2.75, 3.05) is 26.2 Å². The number of halogens is 1. The maximum absolute atomic E-state index is 13.3. The number of aromatic nitrogens is 1. The van der Waals surface area contributed by atoms with E-state index < -0.39 is 0 Å². The lowest BCUT2D eigenvalue weighted by atomic mass is 9.94. The monoisotopic (exact) mass is 299 g/mol. The Morgan fingerprint density at radius 3 is 2.73 bits per heavy atom. The Hall–Kier alpha value is -1.78. The number of hydrogen-bond donors (Lipinski definition) is 1. The van der Waals surface area contributed by atoms with Crippen molar-refractivity contribution >= 4 is 0 Å². The molecule has 1 aromatic carbocycles. The van der Waals surface area contributed by atoms with Crippen LogP contribution in [0.5, 0.6) is 0 Å². The van der Waals surface area contributed by atoms with Crippen LogP contribution in [0, 0.1) is 12.7 Å². The van der Waals surface area contributed by atoms with Gasteiger partial charge in [-0.1, -0.05) is 12.1 Å². The van der Waals surface area contributed by atoms with Crippen molar-refractivity contribution in [1.29, 1.82) is 0 Å². The van der Waals surface area contributed by atoms with Crippen LogP contribution < -0.4 is 5.32 Å². The van der Waals surface area contributed by atoms with Gasteiger partial charge in [0.05, 0.1) is 6.04 Å². The lowest BCUT2D eigenvalue weighted by Crippen LogP contribution is -2.33. The van der Waals surface area contributed by atoms with Gasteiger partial charge < -0.3 is 5.32 Å². The summed E-state index contributed by atoms with van der Waals surface area (Å²) >= 11 is 0. The summed E-state index contributed by atoms with van der Waals surface area (Å²) in [6.45, 7) is 6.17. The van der Waals surface area contributed by atoms with Gasteiger partial charge in [-0.3, -0.25) is 9.88 Å². The molecule has 1 unspecified atom stereocenters. The summed E-state index contributed by atoms with van der Waals surface area (Å²) in [6.07, 6.45) is 4.87. The quantitative estimate of drug-likeness (QED) is 0.944. The highest BCUT2D eigenvalue weighted by molar-refractivity contribution is 5.35. The molecule has 1 aliphatic heterocycles. The Morgan fingerprint density at radius 2 is 1.95 bits per heavy atom. The second-order valence-electron chi connectivity index (χ2n) is 5.83. The van der Waals surface area contributed by atoms with E-state index in [1.807, 2.05) is 24.5 Å². The lowest BCUT2D eigenvalue weighted by Gasteiger charge is -2.32. The molecular weight excluding hydrogens is 277 g/mol. The molecule has 1 aliphatic rings. The zero-order chi connectivity index (χ0) is 15.4. The van der Waals surface area contributed by atoms with Crippen LogP contribution in [0.3, 0.4) is 0 Å². The highest BCUT2D eigenvalue weighted by Gasteiger charge is 2.24. The Kier molecular flexibility index (Phi) is 4.80. The van der Waals surface area contributed by atoms with Gasteiger partial charge in [-0.25, -0.2) is 4.39 Å². The van der Waals surface area contributed by atoms with E-state index in [0.29, 0.717) is 0 Å². The molecule has 2 heterocycles. The van der Waals surface area contributed by atoms with E-state index in [4.69, 9.17) is 0 Å². The molecule has 1 N–H and O–H groups in total. The van der Waals surface area contributed by atoms with Crippen molar-refractivity contribution < 1.29 is 4.39 Å². The molecule has 0 radical (unpaired) electrons. The Bertz CT molecular complexity index is 604. The zero-order valence-electron chi connectivity index (χ0n) is 12.9. The Labute approximate surface area is 131 Å². The molecule has 3 nitrogen and oxygen atoms in total. The van der Waals surface area contributed by atoms with E-state index in [1.54, 1.807) is 12.1 Å². The first-order valence-corrected chi connectivity index (χ1v) is 7.86. The maximum Gasteiger partial charge on any atom is 0.123 e. The number of pyridine rings is 1. The van der Waals surface area contributed by atoms with Crippen molar-refractivity contribution in [3.05, 3.63) is 65.2 Å². The molecule has 0 bridgehead atoms. The van der Waals surface area contributed by atoms with E-state index in [-0.39, 0.29) is 11.9 Å². The van der Waals surface area contributed by atoms with Crippen LogP contribution in [0.4, 0.5) is 4.39 Å². The fourth-order valence-corrected chi connectivity index (χ4v) is 3.15. The standard InChI is InChI=1S/C18H22FN3/c1-14-13-21-9-7-17(14)18(15-3-5-16(19)6-4-15)22-11-2-8-20-10-12-22/h3-7,9,13,18,20H,2,8,10-12H2,1H3. The zero-order valence-corrected chi connectivity index (χ0v) is 12.9. The minimum atomic E-state index is -0.188. The van der Waals surface area contributed by atoms with E-state index in [9.17, 15) is 4.39 Å². The molecule has 1 saturated heterocycles. The van der Waals surface area contributed by atoms with Gasteiger partial charge in [0.2, 0.25) is 0 Å². The first kappa shape index (κ1) is 15.1. The molecule has 0 saturated carbocycles. The maximum atomic E-state index is 13.3. The number of hydrogen-bond acceptors (Lipinski definition) is 3. The number of benzene rings is 1. The molecule has 0 amide bonds. The normalized spacial score (nSPS) is 17.9. The fourth-order valence-electron chi connectivity index (χ4n) is 3.15. The summed E-state index contributed by atoms with van der Waals surface area (Å²) in [5, 5.41) is 3.44. The molecule has 1 fully saturated rings. The molecule has 22 heavy (non-hydrogen) atoms. The van der Waals surface area contributed by atoms with Crippen molar-refractivity contribution in [1.82, 2.24) is 15.2 Å². The molecule has 1 aromatic heterocycles. The molecular formula is C18H22FN3. The van der Waals surface area contributed by atoms with Crippen LogP contribution in [0.1, 0.15) is 29.2 Å².